The number of hydrogen-bond acceptors (Lipinski definition) is 3. The molecule has 0 aliphatic heterocycles. The number of ether oxygens (including phenoxy) is 1. The molecule has 0 unspecified atom stereocenters. The van der Waals surface area contributed by atoms with Crippen LogP contribution in [0.2, 0.25) is 5.02 Å². The first-order chi connectivity index (χ1) is 14.6. The first-order valence-corrected chi connectivity index (χ1v) is 10.1. The lowest BCUT2D eigenvalue weighted by Crippen LogP contribution is -2.14. The molecule has 0 fully saturated rings. The maximum absolute atomic E-state index is 12.5. The molecule has 0 aliphatic carbocycles. The number of amides is 2. The van der Waals surface area contributed by atoms with Crippen molar-refractivity contribution in [1.29, 1.82) is 0 Å². The van der Waals surface area contributed by atoms with Gasteiger partial charge in [-0.1, -0.05) is 43.1 Å². The zero-order chi connectivity index (χ0) is 21.3. The molecule has 2 amide bonds. The third-order valence-corrected chi connectivity index (χ3v) is 4.71. The largest absolute Gasteiger partial charge is 0.494 e. The normalized spacial score (nSPS) is 10.3. The minimum atomic E-state index is -0.317. The molecule has 0 saturated heterocycles. The fourth-order valence-electron chi connectivity index (χ4n) is 2.76. The van der Waals surface area contributed by atoms with Gasteiger partial charge in [-0.15, -0.1) is 0 Å². The molecule has 0 radical (unpaired) electrons. The van der Waals surface area contributed by atoms with E-state index in [4.69, 9.17) is 16.3 Å². The number of unbranched alkanes of at least 4 members (excludes halogenated alkanes) is 1. The van der Waals surface area contributed by atoms with E-state index in [1.807, 2.05) is 0 Å². The predicted octanol–water partition coefficient (Wildman–Crippen LogP) is 6.02. The van der Waals surface area contributed by atoms with Crippen molar-refractivity contribution in [2.75, 3.05) is 17.2 Å². The summed E-state index contributed by atoms with van der Waals surface area (Å²) in [7, 11) is 0. The number of anilines is 2. The first-order valence-electron chi connectivity index (χ1n) is 9.77. The van der Waals surface area contributed by atoms with E-state index in [9.17, 15) is 9.59 Å². The van der Waals surface area contributed by atoms with Crippen LogP contribution in [0.5, 0.6) is 5.75 Å². The van der Waals surface area contributed by atoms with Crippen molar-refractivity contribution in [3.63, 3.8) is 0 Å². The second-order valence-corrected chi connectivity index (χ2v) is 7.10. The minimum Gasteiger partial charge on any atom is -0.494 e. The van der Waals surface area contributed by atoms with Gasteiger partial charge in [-0.2, -0.15) is 0 Å². The summed E-state index contributed by atoms with van der Waals surface area (Å²) in [6.45, 7) is 2.77. The van der Waals surface area contributed by atoms with Crippen LogP contribution in [0.15, 0.2) is 72.8 Å². The van der Waals surface area contributed by atoms with Gasteiger partial charge in [0.1, 0.15) is 5.75 Å². The van der Waals surface area contributed by atoms with Gasteiger partial charge in [0.05, 0.1) is 17.2 Å². The molecule has 5 nitrogen and oxygen atoms in total. The quantitative estimate of drug-likeness (QED) is 0.436. The molecule has 3 aromatic rings. The summed E-state index contributed by atoms with van der Waals surface area (Å²) in [5.74, 6) is 0.178. The molecule has 0 spiro atoms. The summed E-state index contributed by atoms with van der Waals surface area (Å²) in [5.41, 5.74) is 2.02. The average Bonchev–Trinajstić information content (AvgIpc) is 2.75. The van der Waals surface area contributed by atoms with Crippen molar-refractivity contribution in [3.8, 4) is 5.75 Å². The Balaban J connectivity index is 1.62. The van der Waals surface area contributed by atoms with Gasteiger partial charge in [0.2, 0.25) is 0 Å². The lowest BCUT2D eigenvalue weighted by molar-refractivity contribution is 0.101. The van der Waals surface area contributed by atoms with E-state index in [1.54, 1.807) is 72.8 Å². The van der Waals surface area contributed by atoms with E-state index in [0.717, 1.165) is 18.6 Å². The van der Waals surface area contributed by atoms with Gasteiger partial charge >= 0.3 is 0 Å². The fraction of sp³-hybridized carbons (Fsp3) is 0.167. The standard InChI is InChI=1S/C24H23ClN2O3/c1-2-3-15-30-20-13-11-17(12-14-20)23(28)26-18-7-6-8-19(16-18)27-24(29)21-9-4-5-10-22(21)25/h4-14,16H,2-3,15H2,1H3,(H,26,28)(H,27,29). The molecule has 0 heterocycles. The van der Waals surface area contributed by atoms with E-state index in [1.165, 1.54) is 0 Å². The highest BCUT2D eigenvalue weighted by atomic mass is 35.5. The van der Waals surface area contributed by atoms with Crippen molar-refractivity contribution >= 4 is 34.8 Å². The highest BCUT2D eigenvalue weighted by Crippen LogP contribution is 2.20. The summed E-state index contributed by atoms with van der Waals surface area (Å²) in [6.07, 6.45) is 2.06. The fourth-order valence-corrected chi connectivity index (χ4v) is 2.98. The number of carbonyl (C=O) groups is 2. The molecule has 3 aromatic carbocycles. The van der Waals surface area contributed by atoms with Crippen LogP contribution in [0.4, 0.5) is 11.4 Å². The summed E-state index contributed by atoms with van der Waals surface area (Å²) in [6, 6.07) is 20.8. The number of benzene rings is 3. The van der Waals surface area contributed by atoms with E-state index >= 15 is 0 Å². The van der Waals surface area contributed by atoms with Crippen LogP contribution in [-0.4, -0.2) is 18.4 Å². The van der Waals surface area contributed by atoms with Crippen molar-refractivity contribution in [2.24, 2.45) is 0 Å². The first kappa shape index (κ1) is 21.4. The van der Waals surface area contributed by atoms with Crippen molar-refractivity contribution in [1.82, 2.24) is 0 Å². The number of nitrogens with one attached hydrogen (secondary N) is 2. The Labute approximate surface area is 181 Å². The highest BCUT2D eigenvalue weighted by Gasteiger charge is 2.11. The molecule has 0 bridgehead atoms. The molecular formula is C24H23ClN2O3. The Kier molecular flexibility index (Phi) is 7.46. The van der Waals surface area contributed by atoms with Gasteiger partial charge in [0.25, 0.3) is 11.8 Å². The number of carbonyl (C=O) groups excluding carboxylic acids is 2. The Morgan fingerprint density at radius 1 is 0.867 bits per heavy atom. The van der Waals surface area contributed by atoms with Gasteiger partial charge < -0.3 is 15.4 Å². The minimum absolute atomic E-state index is 0.246. The highest BCUT2D eigenvalue weighted by molar-refractivity contribution is 6.34. The van der Waals surface area contributed by atoms with Crippen LogP contribution in [0.25, 0.3) is 0 Å². The maximum Gasteiger partial charge on any atom is 0.257 e. The number of halogens is 1. The average molecular weight is 423 g/mol. The third-order valence-electron chi connectivity index (χ3n) is 4.38. The summed E-state index contributed by atoms with van der Waals surface area (Å²) in [4.78, 5) is 24.9. The molecule has 0 aromatic heterocycles. The Hall–Kier alpha value is -3.31. The van der Waals surface area contributed by atoms with Gasteiger partial charge in [-0.3, -0.25) is 9.59 Å². The summed E-state index contributed by atoms with van der Waals surface area (Å²) < 4.78 is 5.62. The molecule has 0 saturated carbocycles. The SMILES string of the molecule is CCCCOc1ccc(C(=O)Nc2cccc(NC(=O)c3ccccc3Cl)c2)cc1. The van der Waals surface area contributed by atoms with Gasteiger partial charge in [0.15, 0.2) is 0 Å². The number of rotatable bonds is 8. The van der Waals surface area contributed by atoms with Crippen molar-refractivity contribution in [2.45, 2.75) is 19.8 Å². The molecule has 6 heteroatoms. The van der Waals surface area contributed by atoms with Gasteiger partial charge in [0, 0.05) is 16.9 Å². The molecular weight excluding hydrogens is 400 g/mol. The Bertz CT molecular complexity index is 1020. The van der Waals surface area contributed by atoms with Crippen molar-refractivity contribution in [3.05, 3.63) is 88.9 Å². The molecule has 30 heavy (non-hydrogen) atoms. The topological polar surface area (TPSA) is 67.4 Å². The van der Waals surface area contributed by atoms with Crippen LogP contribution < -0.4 is 15.4 Å². The van der Waals surface area contributed by atoms with Gasteiger partial charge in [-0.25, -0.2) is 0 Å². The van der Waals surface area contributed by atoms with Crippen LogP contribution in [0.3, 0.4) is 0 Å². The lowest BCUT2D eigenvalue weighted by Gasteiger charge is -2.10. The molecule has 2 N–H and O–H groups in total. The third kappa shape index (κ3) is 5.84. The van der Waals surface area contributed by atoms with Crippen LogP contribution in [0.1, 0.15) is 40.5 Å². The zero-order valence-corrected chi connectivity index (χ0v) is 17.4. The summed E-state index contributed by atoms with van der Waals surface area (Å²) >= 11 is 6.07. The Morgan fingerprint density at radius 2 is 1.53 bits per heavy atom. The van der Waals surface area contributed by atoms with E-state index in [0.29, 0.717) is 34.1 Å². The molecule has 154 valence electrons. The van der Waals surface area contributed by atoms with Crippen LogP contribution in [-0.2, 0) is 0 Å². The van der Waals surface area contributed by atoms with Crippen LogP contribution >= 0.6 is 11.6 Å². The molecule has 0 aliphatic rings. The van der Waals surface area contributed by atoms with E-state index in [-0.39, 0.29) is 11.8 Å². The molecule has 3 rings (SSSR count). The molecule has 0 atom stereocenters. The van der Waals surface area contributed by atoms with Gasteiger partial charge in [-0.05, 0) is 61.0 Å². The maximum atomic E-state index is 12.5. The lowest BCUT2D eigenvalue weighted by atomic mass is 10.2. The monoisotopic (exact) mass is 422 g/mol. The second-order valence-electron chi connectivity index (χ2n) is 6.70. The number of hydrogen-bond donors (Lipinski definition) is 2. The second kappa shape index (κ2) is 10.5. The smallest absolute Gasteiger partial charge is 0.257 e. The van der Waals surface area contributed by atoms with E-state index < -0.39 is 0 Å². The van der Waals surface area contributed by atoms with Crippen molar-refractivity contribution < 1.29 is 14.3 Å². The Morgan fingerprint density at radius 3 is 2.20 bits per heavy atom. The van der Waals surface area contributed by atoms with E-state index in [2.05, 4.69) is 17.6 Å². The van der Waals surface area contributed by atoms with Crippen LogP contribution in [0, 0.1) is 0 Å². The predicted molar refractivity (Wildman–Crippen MR) is 121 cm³/mol. The summed E-state index contributed by atoms with van der Waals surface area (Å²) in [5, 5.41) is 6.01. The zero-order valence-electron chi connectivity index (χ0n) is 16.7.